The summed E-state index contributed by atoms with van der Waals surface area (Å²) in [6, 6.07) is 25.6. The molecule has 0 bridgehead atoms. The SMILES string of the molecule is COc1cc2c(cc1OCCCCCOc1cc3c(cc1OC)C(=O)N1CC4(CC4)C[C@H]1C(O)N3C(=O)OCc1ccc(NC(=O)[C@H](C)NC(=O)[C@@H](NC(=O)CNC(=O)CNC(=O)CCC(=O)N3Cc4ccccc4C4=C(NNN4C(C)C)c4ccccc43)C(C)C)cc1)N=C[C@@H]1CC3(CC3)CN1C2=O. The molecule has 8 aliphatic rings. The second-order valence-electron chi connectivity index (χ2n) is 29.2. The minimum atomic E-state index is -1.47. The Labute approximate surface area is 608 Å². The molecule has 2 spiro atoms. The Hall–Kier alpha value is -10.7. The van der Waals surface area contributed by atoms with E-state index < -0.39 is 79.0 Å². The van der Waals surface area contributed by atoms with Crippen LogP contribution in [0.5, 0.6) is 23.0 Å². The lowest BCUT2D eigenvalue weighted by molar-refractivity contribution is -0.132. The standard InChI is InChI=1S/C77H91N13O15/c1-44(2)67(83-65(93)39-80-64(92)38-79-63(91)23-24-66(94)86-40-48-15-9-10-16-51(48)69-68(84-85-90(69)45(3)4)52-17-11-12-18-56(52)86)71(96)81-46(5)70(95)82-49-21-19-47(20-22-49)41-105-75(100)89-57-34-62(60(102-7)32-54(57)73(98)88-43-77(27-28-77)36-58(88)74(89)99)104-30-14-8-13-29-103-61-33-55-53(31-59(61)101-6)72(97)87-42-76(25-26-76)35-50(87)37-78-55/h9-12,15-22,31-34,37,44-46,50,58,67,74,84-85,99H,8,13-14,23-30,35-36,38-43H2,1-7H3,(H,79,91)(H,80,92)(H,81,96)(H,82,95)(H,83,93)/t46-,50-,58-,67-,74?/m0/s1. The van der Waals surface area contributed by atoms with Gasteiger partial charge in [-0.2, -0.15) is 0 Å². The minimum absolute atomic E-state index is 0.0166. The molecule has 0 aromatic heterocycles. The minimum Gasteiger partial charge on any atom is -0.493 e. The maximum Gasteiger partial charge on any atom is 0.416 e. The third kappa shape index (κ3) is 15.6. The first-order valence-corrected chi connectivity index (χ1v) is 36.1. The van der Waals surface area contributed by atoms with Crippen molar-refractivity contribution in [1.29, 1.82) is 0 Å². The van der Waals surface area contributed by atoms with Crippen LogP contribution in [0.2, 0.25) is 0 Å². The lowest BCUT2D eigenvalue weighted by Crippen LogP contribution is -2.55. The predicted octanol–water partition coefficient (Wildman–Crippen LogP) is 7.21. The molecule has 2 saturated heterocycles. The summed E-state index contributed by atoms with van der Waals surface area (Å²) in [6.45, 7) is 9.81. The number of nitrogens with one attached hydrogen (secondary N) is 7. The van der Waals surface area contributed by atoms with Crippen LogP contribution in [0.25, 0.3) is 11.4 Å². The third-order valence-electron chi connectivity index (χ3n) is 21.0. The van der Waals surface area contributed by atoms with Crippen LogP contribution < -0.4 is 66.3 Å². The van der Waals surface area contributed by atoms with E-state index in [1.54, 1.807) is 67.2 Å². The number of amides is 9. The molecule has 2 saturated carbocycles. The highest BCUT2D eigenvalue weighted by molar-refractivity contribution is 6.07. The number of aliphatic imine (C=N–C) groups is 1. The molecule has 2 aliphatic carbocycles. The van der Waals surface area contributed by atoms with Crippen molar-refractivity contribution in [3.63, 3.8) is 0 Å². The van der Waals surface area contributed by atoms with E-state index in [1.807, 2.05) is 59.6 Å². The molecule has 1 unspecified atom stereocenters. The van der Waals surface area contributed by atoms with Crippen LogP contribution in [0.15, 0.2) is 102 Å². The number of hydrogen-bond acceptors (Lipinski definition) is 19. The zero-order valence-corrected chi connectivity index (χ0v) is 60.1. The van der Waals surface area contributed by atoms with Gasteiger partial charge in [-0.05, 0) is 137 Å². The Kier molecular flexibility index (Phi) is 21.1. The Morgan fingerprint density at radius 3 is 1.99 bits per heavy atom. The third-order valence-corrected chi connectivity index (χ3v) is 21.0. The van der Waals surface area contributed by atoms with Gasteiger partial charge in [-0.25, -0.2) is 9.69 Å². The molecular weight excluding hydrogens is 1350 g/mol. The second kappa shape index (κ2) is 30.5. The molecule has 28 heteroatoms. The number of rotatable bonds is 26. The Morgan fingerprint density at radius 2 is 1.30 bits per heavy atom. The Balaban J connectivity index is 0.555. The van der Waals surface area contributed by atoms with Crippen molar-refractivity contribution in [2.24, 2.45) is 21.7 Å². The molecule has 5 atom stereocenters. The summed E-state index contributed by atoms with van der Waals surface area (Å²) in [4.78, 5) is 134. The number of fused-ring (bicyclic) bond motifs is 8. The lowest BCUT2D eigenvalue weighted by atomic mass is 9.95. The highest BCUT2D eigenvalue weighted by atomic mass is 16.6. The molecule has 13 rings (SSSR count). The lowest BCUT2D eigenvalue weighted by Gasteiger charge is -2.31. The first-order valence-electron chi connectivity index (χ1n) is 36.1. The number of carbonyl (C=O) groups is 9. The first-order chi connectivity index (χ1) is 50.5. The summed E-state index contributed by atoms with van der Waals surface area (Å²) in [7, 11) is 3.01. The highest BCUT2D eigenvalue weighted by Gasteiger charge is 2.58. The summed E-state index contributed by atoms with van der Waals surface area (Å²) in [5, 5.41) is 27.2. The average Bonchev–Trinajstić information content (AvgIpc) is 1.59. The topological polar surface area (TPSA) is 333 Å². The molecule has 6 heterocycles. The maximum atomic E-state index is 14.5. The summed E-state index contributed by atoms with van der Waals surface area (Å²) < 4.78 is 29.8. The number of carbonyl (C=O) groups excluding carboxylic acids is 9. The molecule has 28 nitrogen and oxygen atoms in total. The van der Waals surface area contributed by atoms with E-state index in [9.17, 15) is 48.3 Å². The van der Waals surface area contributed by atoms with Gasteiger partial charge >= 0.3 is 6.09 Å². The van der Waals surface area contributed by atoms with Gasteiger partial charge in [0, 0.05) is 67.1 Å². The van der Waals surface area contributed by atoms with Gasteiger partial charge in [-0.1, -0.05) is 68.4 Å². The Bertz CT molecular complexity index is 4300. The number of para-hydroxylation sites is 1. The summed E-state index contributed by atoms with van der Waals surface area (Å²) in [5.74, 6) is -2.84. The molecular formula is C77H91N13O15. The summed E-state index contributed by atoms with van der Waals surface area (Å²) >= 11 is 0. The van der Waals surface area contributed by atoms with Crippen molar-refractivity contribution < 1.29 is 71.9 Å². The van der Waals surface area contributed by atoms with Crippen LogP contribution in [0.3, 0.4) is 0 Å². The number of benzene rings is 5. The van der Waals surface area contributed by atoms with E-state index in [2.05, 4.69) is 56.4 Å². The molecule has 8 N–H and O–H groups in total. The van der Waals surface area contributed by atoms with Crippen molar-refractivity contribution in [3.8, 4) is 23.0 Å². The van der Waals surface area contributed by atoms with Crippen molar-refractivity contribution in [3.05, 3.63) is 130 Å². The molecule has 4 fully saturated rings. The highest BCUT2D eigenvalue weighted by Crippen LogP contribution is 2.58. The normalized spacial score (nSPS) is 19.4. The quantitative estimate of drug-likeness (QED) is 0.0253. The number of ether oxygens (including phenoxy) is 5. The van der Waals surface area contributed by atoms with Crippen LogP contribution in [0.4, 0.5) is 27.5 Å². The molecule has 0 radical (unpaired) electrons. The molecule has 5 aromatic rings. The van der Waals surface area contributed by atoms with Crippen molar-refractivity contribution in [2.45, 2.75) is 155 Å². The number of aliphatic hydroxyl groups excluding tert-OH is 1. The van der Waals surface area contributed by atoms with Gasteiger partial charge < -0.3 is 75.5 Å². The molecule has 554 valence electrons. The van der Waals surface area contributed by atoms with Gasteiger partial charge in [0.25, 0.3) is 11.8 Å². The monoisotopic (exact) mass is 1440 g/mol. The van der Waals surface area contributed by atoms with Crippen molar-refractivity contribution in [1.82, 2.24) is 47.0 Å². The van der Waals surface area contributed by atoms with Crippen LogP contribution >= 0.6 is 0 Å². The number of aliphatic hydroxyl groups is 1. The summed E-state index contributed by atoms with van der Waals surface area (Å²) in [5.41, 5.74) is 14.0. The summed E-state index contributed by atoms with van der Waals surface area (Å²) in [6.07, 6.45) is 6.63. The Morgan fingerprint density at radius 1 is 0.657 bits per heavy atom. The van der Waals surface area contributed by atoms with E-state index in [0.29, 0.717) is 78.5 Å². The van der Waals surface area contributed by atoms with Crippen LogP contribution in [0, 0.1) is 16.7 Å². The van der Waals surface area contributed by atoms with E-state index in [1.165, 1.54) is 26.2 Å². The van der Waals surface area contributed by atoms with Crippen molar-refractivity contribution >= 4 is 93.7 Å². The van der Waals surface area contributed by atoms with Gasteiger partial charge in [0.1, 0.15) is 18.7 Å². The van der Waals surface area contributed by atoms with Gasteiger partial charge in [0.2, 0.25) is 35.4 Å². The van der Waals surface area contributed by atoms with Gasteiger partial charge in [0.05, 0.1) is 98.7 Å². The van der Waals surface area contributed by atoms with Crippen molar-refractivity contribution in [2.75, 3.05) is 68.7 Å². The smallest absolute Gasteiger partial charge is 0.416 e. The molecule has 9 amide bonds. The number of nitrogens with zero attached hydrogens (tertiary/aromatic N) is 6. The second-order valence-corrected chi connectivity index (χ2v) is 29.2. The van der Waals surface area contributed by atoms with Gasteiger partial charge in [-0.15, -0.1) is 5.53 Å². The fourth-order valence-corrected chi connectivity index (χ4v) is 14.8. The van der Waals surface area contributed by atoms with E-state index in [4.69, 9.17) is 28.7 Å². The van der Waals surface area contributed by atoms with Crippen LogP contribution in [-0.4, -0.2) is 170 Å². The first kappa shape index (κ1) is 72.6. The van der Waals surface area contributed by atoms with E-state index in [0.717, 1.165) is 71.6 Å². The zero-order chi connectivity index (χ0) is 74.0. The number of anilines is 3. The fraction of sp³-hybridized carbons (Fsp3) is 0.455. The molecule has 105 heavy (non-hydrogen) atoms. The largest absolute Gasteiger partial charge is 0.493 e. The maximum absolute atomic E-state index is 14.5. The van der Waals surface area contributed by atoms with E-state index in [-0.39, 0.29) is 96.0 Å². The predicted molar refractivity (Wildman–Crippen MR) is 389 cm³/mol. The number of hydrazine groups is 2. The number of methoxy groups -OCH3 is 2. The van der Waals surface area contributed by atoms with E-state index >= 15 is 0 Å². The van der Waals surface area contributed by atoms with Crippen LogP contribution in [0.1, 0.15) is 148 Å². The fourth-order valence-electron chi connectivity index (χ4n) is 14.8. The molecule has 6 aliphatic heterocycles. The average molecular weight is 1440 g/mol. The van der Waals surface area contributed by atoms with Gasteiger partial charge in [-0.3, -0.25) is 48.4 Å². The van der Waals surface area contributed by atoms with Gasteiger partial charge in [0.15, 0.2) is 29.2 Å². The molecule has 5 aromatic carbocycles. The number of hydrogen-bond donors (Lipinski definition) is 8. The van der Waals surface area contributed by atoms with Crippen LogP contribution in [-0.2, 0) is 46.7 Å². The number of unbranched alkanes of at least 4 members (excludes halogenated alkanes) is 2. The zero-order valence-electron chi connectivity index (χ0n) is 60.1.